The van der Waals surface area contributed by atoms with Crippen LogP contribution in [-0.4, -0.2) is 36.5 Å². The van der Waals surface area contributed by atoms with E-state index in [0.29, 0.717) is 29.0 Å². The van der Waals surface area contributed by atoms with E-state index in [1.165, 1.54) is 0 Å². The third kappa shape index (κ3) is 4.40. The fraction of sp³-hybridized carbons (Fsp3) is 0.250. The molecular formula is C20H23N5O3. The van der Waals surface area contributed by atoms with Crippen molar-refractivity contribution in [2.75, 3.05) is 32.0 Å². The van der Waals surface area contributed by atoms with Crippen LogP contribution in [0.1, 0.15) is 18.5 Å². The van der Waals surface area contributed by atoms with Crippen LogP contribution in [0.5, 0.6) is 17.2 Å². The molecular weight excluding hydrogens is 358 g/mol. The molecule has 0 saturated carbocycles. The van der Waals surface area contributed by atoms with Gasteiger partial charge in [0, 0.05) is 17.8 Å². The average Bonchev–Trinajstić information content (AvgIpc) is 2.73. The first-order valence-corrected chi connectivity index (χ1v) is 8.72. The Bertz CT molecular complexity index is 896. The maximum Gasteiger partial charge on any atom is 0.245 e. The smallest absolute Gasteiger partial charge is 0.245 e. The highest BCUT2D eigenvalue weighted by Gasteiger charge is 2.14. The van der Waals surface area contributed by atoms with Crippen molar-refractivity contribution >= 4 is 17.5 Å². The van der Waals surface area contributed by atoms with Gasteiger partial charge in [-0.2, -0.15) is 10.1 Å². The van der Waals surface area contributed by atoms with Crippen molar-refractivity contribution < 1.29 is 14.2 Å². The lowest BCUT2D eigenvalue weighted by molar-refractivity contribution is 0.324. The van der Waals surface area contributed by atoms with E-state index in [2.05, 4.69) is 25.8 Å². The molecule has 0 amide bonds. The molecule has 1 atom stereocenters. The summed E-state index contributed by atoms with van der Waals surface area (Å²) in [5.74, 6) is 2.57. The standard InChI is InChI=1S/C20H23N5O3/c1-13(14-8-6-5-7-9-14)22-20-24-18(12-21-25-20)23-15-10-16(26-2)19(28-4)17(11-15)27-3/h5-13H,1-4H3,(H2,22,23,24,25). The van der Waals surface area contributed by atoms with Gasteiger partial charge in [-0.15, -0.1) is 5.10 Å². The summed E-state index contributed by atoms with van der Waals surface area (Å²) >= 11 is 0. The summed E-state index contributed by atoms with van der Waals surface area (Å²) < 4.78 is 16.1. The lowest BCUT2D eigenvalue weighted by Gasteiger charge is -2.16. The summed E-state index contributed by atoms with van der Waals surface area (Å²) in [6.07, 6.45) is 1.54. The largest absolute Gasteiger partial charge is 0.493 e. The average molecular weight is 381 g/mol. The van der Waals surface area contributed by atoms with Gasteiger partial charge in [-0.25, -0.2) is 0 Å². The van der Waals surface area contributed by atoms with Gasteiger partial charge in [-0.1, -0.05) is 30.3 Å². The molecule has 0 saturated heterocycles. The summed E-state index contributed by atoms with van der Waals surface area (Å²) in [5.41, 5.74) is 1.85. The number of benzene rings is 2. The molecule has 8 nitrogen and oxygen atoms in total. The summed E-state index contributed by atoms with van der Waals surface area (Å²) in [7, 11) is 4.70. The van der Waals surface area contributed by atoms with Crippen molar-refractivity contribution in [1.82, 2.24) is 15.2 Å². The van der Waals surface area contributed by atoms with Crippen LogP contribution in [0, 0.1) is 0 Å². The molecule has 0 aliphatic carbocycles. The van der Waals surface area contributed by atoms with Crippen molar-refractivity contribution in [2.45, 2.75) is 13.0 Å². The molecule has 2 aromatic carbocycles. The van der Waals surface area contributed by atoms with Gasteiger partial charge in [0.25, 0.3) is 0 Å². The van der Waals surface area contributed by atoms with E-state index in [9.17, 15) is 0 Å². The number of nitrogens with one attached hydrogen (secondary N) is 2. The fourth-order valence-electron chi connectivity index (χ4n) is 2.74. The molecule has 0 aliphatic heterocycles. The Hall–Kier alpha value is -3.55. The van der Waals surface area contributed by atoms with Gasteiger partial charge in [0.15, 0.2) is 17.3 Å². The number of anilines is 3. The molecule has 0 spiro atoms. The minimum absolute atomic E-state index is 0.0411. The highest BCUT2D eigenvalue weighted by molar-refractivity contribution is 5.66. The van der Waals surface area contributed by atoms with Crippen LogP contribution in [0.4, 0.5) is 17.5 Å². The van der Waals surface area contributed by atoms with E-state index < -0.39 is 0 Å². The van der Waals surface area contributed by atoms with Gasteiger partial charge in [0.1, 0.15) is 0 Å². The number of rotatable bonds is 8. The zero-order chi connectivity index (χ0) is 19.9. The van der Waals surface area contributed by atoms with E-state index in [1.54, 1.807) is 39.7 Å². The van der Waals surface area contributed by atoms with Crippen molar-refractivity contribution in [2.24, 2.45) is 0 Å². The molecule has 0 fully saturated rings. The SMILES string of the molecule is COc1cc(Nc2cnnc(NC(C)c3ccccc3)n2)cc(OC)c1OC. The van der Waals surface area contributed by atoms with Crippen molar-refractivity contribution in [3.63, 3.8) is 0 Å². The van der Waals surface area contributed by atoms with E-state index in [0.717, 1.165) is 11.3 Å². The minimum Gasteiger partial charge on any atom is -0.493 e. The van der Waals surface area contributed by atoms with Gasteiger partial charge in [-0.05, 0) is 12.5 Å². The number of nitrogens with zero attached hydrogens (tertiary/aromatic N) is 3. The van der Waals surface area contributed by atoms with Gasteiger partial charge in [0.2, 0.25) is 11.7 Å². The lowest BCUT2D eigenvalue weighted by Crippen LogP contribution is -2.11. The number of aromatic nitrogens is 3. The van der Waals surface area contributed by atoms with Gasteiger partial charge >= 0.3 is 0 Å². The van der Waals surface area contributed by atoms with Crippen LogP contribution in [0.3, 0.4) is 0 Å². The quantitative estimate of drug-likeness (QED) is 0.609. The molecule has 146 valence electrons. The molecule has 3 aromatic rings. The molecule has 0 radical (unpaired) electrons. The Morgan fingerprint density at radius 2 is 1.61 bits per heavy atom. The van der Waals surface area contributed by atoms with E-state index >= 15 is 0 Å². The van der Waals surface area contributed by atoms with E-state index in [4.69, 9.17) is 14.2 Å². The maximum absolute atomic E-state index is 5.38. The van der Waals surface area contributed by atoms with Crippen LogP contribution in [0.2, 0.25) is 0 Å². The predicted molar refractivity (Wildman–Crippen MR) is 108 cm³/mol. The highest BCUT2D eigenvalue weighted by Crippen LogP contribution is 2.40. The van der Waals surface area contributed by atoms with Crippen LogP contribution < -0.4 is 24.8 Å². The number of hydrogen-bond acceptors (Lipinski definition) is 8. The fourth-order valence-corrected chi connectivity index (χ4v) is 2.74. The zero-order valence-corrected chi connectivity index (χ0v) is 16.3. The topological polar surface area (TPSA) is 90.4 Å². The Labute approximate surface area is 163 Å². The van der Waals surface area contributed by atoms with Crippen LogP contribution in [0.15, 0.2) is 48.7 Å². The second-order valence-corrected chi connectivity index (χ2v) is 5.98. The summed E-state index contributed by atoms with van der Waals surface area (Å²) in [6, 6.07) is 13.7. The van der Waals surface area contributed by atoms with Gasteiger partial charge < -0.3 is 24.8 Å². The summed E-state index contributed by atoms with van der Waals surface area (Å²) in [5, 5.41) is 14.5. The first kappa shape index (κ1) is 19.2. The second kappa shape index (κ2) is 8.90. The summed E-state index contributed by atoms with van der Waals surface area (Å²) in [6.45, 7) is 2.04. The Balaban J connectivity index is 1.79. The van der Waals surface area contributed by atoms with Crippen molar-refractivity contribution in [3.8, 4) is 17.2 Å². The normalized spacial score (nSPS) is 11.4. The van der Waals surface area contributed by atoms with Crippen LogP contribution >= 0.6 is 0 Å². The van der Waals surface area contributed by atoms with Gasteiger partial charge in [0.05, 0.1) is 33.6 Å². The zero-order valence-electron chi connectivity index (χ0n) is 16.3. The Kier molecular flexibility index (Phi) is 6.11. The van der Waals surface area contributed by atoms with E-state index in [1.807, 2.05) is 37.3 Å². The molecule has 1 unspecified atom stereocenters. The molecule has 28 heavy (non-hydrogen) atoms. The number of ether oxygens (including phenoxy) is 3. The monoisotopic (exact) mass is 381 g/mol. The number of methoxy groups -OCH3 is 3. The molecule has 2 N–H and O–H groups in total. The van der Waals surface area contributed by atoms with E-state index in [-0.39, 0.29) is 6.04 Å². The molecule has 0 aliphatic rings. The first-order valence-electron chi connectivity index (χ1n) is 8.72. The van der Waals surface area contributed by atoms with Crippen molar-refractivity contribution in [1.29, 1.82) is 0 Å². The molecule has 3 rings (SSSR count). The Morgan fingerprint density at radius 3 is 2.21 bits per heavy atom. The third-order valence-corrected chi connectivity index (χ3v) is 4.14. The molecule has 1 aromatic heterocycles. The highest BCUT2D eigenvalue weighted by atomic mass is 16.5. The van der Waals surface area contributed by atoms with Crippen molar-refractivity contribution in [3.05, 3.63) is 54.2 Å². The van der Waals surface area contributed by atoms with Crippen LogP contribution in [-0.2, 0) is 0 Å². The van der Waals surface area contributed by atoms with Crippen LogP contribution in [0.25, 0.3) is 0 Å². The first-order chi connectivity index (χ1) is 13.6. The second-order valence-electron chi connectivity index (χ2n) is 5.98. The number of hydrogen-bond donors (Lipinski definition) is 2. The predicted octanol–water partition coefficient (Wildman–Crippen LogP) is 3.81. The Morgan fingerprint density at radius 1 is 0.929 bits per heavy atom. The van der Waals surface area contributed by atoms with Gasteiger partial charge in [-0.3, -0.25) is 0 Å². The summed E-state index contributed by atoms with van der Waals surface area (Å²) in [4.78, 5) is 4.48. The molecule has 8 heteroatoms. The molecule has 0 bridgehead atoms. The lowest BCUT2D eigenvalue weighted by atomic mass is 10.1. The minimum atomic E-state index is 0.0411. The maximum atomic E-state index is 5.38. The third-order valence-electron chi connectivity index (χ3n) is 4.14. The molecule has 1 heterocycles.